The van der Waals surface area contributed by atoms with E-state index in [9.17, 15) is 0 Å². The highest BCUT2D eigenvalue weighted by Crippen LogP contribution is 2.45. The number of rotatable bonds is 1. The number of aliphatic imine (C=N–C) groups is 3. The van der Waals surface area contributed by atoms with Crippen LogP contribution in [0, 0.1) is 11.8 Å². The molecule has 4 heterocycles. The molecule has 1 unspecified atom stereocenters. The van der Waals surface area contributed by atoms with Crippen LogP contribution in [0.1, 0.15) is 25.7 Å². The predicted octanol–water partition coefficient (Wildman–Crippen LogP) is 2.27. The molecule has 1 N–H and O–H groups in total. The quantitative estimate of drug-likeness (QED) is 0.807. The molecule has 22 heavy (non-hydrogen) atoms. The van der Waals surface area contributed by atoms with Crippen molar-refractivity contribution in [3.8, 4) is 0 Å². The Kier molecular flexibility index (Phi) is 2.74. The van der Waals surface area contributed by atoms with E-state index in [1.54, 1.807) is 6.20 Å². The van der Waals surface area contributed by atoms with Gasteiger partial charge in [0.05, 0.1) is 5.92 Å². The average Bonchev–Trinajstić information content (AvgIpc) is 3.01. The fourth-order valence-corrected chi connectivity index (χ4v) is 4.20. The Morgan fingerprint density at radius 1 is 1.36 bits per heavy atom. The van der Waals surface area contributed by atoms with Crippen LogP contribution in [-0.2, 0) is 0 Å². The normalized spacial score (nSPS) is 35.6. The van der Waals surface area contributed by atoms with Crippen molar-refractivity contribution >= 4 is 29.1 Å². The van der Waals surface area contributed by atoms with Crippen LogP contribution < -0.4 is 5.32 Å². The molecule has 0 aromatic heterocycles. The third kappa shape index (κ3) is 1.95. The number of likely N-dealkylation sites (tertiary alicyclic amines) is 1. The lowest BCUT2D eigenvalue weighted by atomic mass is 9.95. The van der Waals surface area contributed by atoms with Crippen LogP contribution in [0.5, 0.6) is 0 Å². The van der Waals surface area contributed by atoms with E-state index in [4.69, 9.17) is 16.6 Å². The molecule has 0 radical (unpaired) electrons. The second-order valence-corrected chi connectivity index (χ2v) is 7.11. The van der Waals surface area contributed by atoms with Crippen molar-refractivity contribution in [3.05, 3.63) is 23.0 Å². The van der Waals surface area contributed by atoms with Gasteiger partial charge in [0.25, 0.3) is 0 Å². The Bertz CT molecular complexity index is 687. The topological polar surface area (TPSA) is 52.4 Å². The van der Waals surface area contributed by atoms with Crippen LogP contribution in [0.15, 0.2) is 38.0 Å². The SMILES string of the molecule is ClC1=CN=C2NC=C(C3=NCCC(N4CC[C@H]5C[C@H]54)=N3)C2C1. The lowest BCUT2D eigenvalue weighted by Crippen LogP contribution is -2.34. The van der Waals surface area contributed by atoms with Crippen LogP contribution >= 0.6 is 11.6 Å². The first-order chi connectivity index (χ1) is 10.8. The second-order valence-electron chi connectivity index (χ2n) is 6.62. The maximum atomic E-state index is 6.16. The minimum Gasteiger partial charge on any atom is -0.357 e. The number of hydrogen-bond acceptors (Lipinski definition) is 5. The number of nitrogens with zero attached hydrogens (tertiary/aromatic N) is 4. The number of hydrogen-bond donors (Lipinski definition) is 1. The summed E-state index contributed by atoms with van der Waals surface area (Å²) in [5, 5.41) is 4.04. The molecule has 2 fully saturated rings. The zero-order valence-electron chi connectivity index (χ0n) is 12.3. The molecule has 5 rings (SSSR count). The molecule has 5 aliphatic rings. The van der Waals surface area contributed by atoms with Gasteiger partial charge in [0, 0.05) is 48.6 Å². The highest BCUT2D eigenvalue weighted by atomic mass is 35.5. The number of piperidine rings is 1. The molecule has 0 spiro atoms. The Labute approximate surface area is 134 Å². The minimum absolute atomic E-state index is 0.187. The molecule has 3 atom stereocenters. The van der Waals surface area contributed by atoms with E-state index >= 15 is 0 Å². The summed E-state index contributed by atoms with van der Waals surface area (Å²) in [6.45, 7) is 2.01. The van der Waals surface area contributed by atoms with Gasteiger partial charge in [-0.3, -0.25) is 4.99 Å². The minimum atomic E-state index is 0.187. The molecule has 0 aromatic carbocycles. The monoisotopic (exact) mass is 315 g/mol. The molecule has 5 nitrogen and oxygen atoms in total. The van der Waals surface area contributed by atoms with Gasteiger partial charge in [0.2, 0.25) is 0 Å². The van der Waals surface area contributed by atoms with Crippen LogP contribution in [-0.4, -0.2) is 41.5 Å². The molecule has 4 aliphatic heterocycles. The Morgan fingerprint density at radius 2 is 2.32 bits per heavy atom. The van der Waals surface area contributed by atoms with Crippen molar-refractivity contribution in [1.82, 2.24) is 10.2 Å². The van der Waals surface area contributed by atoms with E-state index in [1.807, 2.05) is 6.20 Å². The summed E-state index contributed by atoms with van der Waals surface area (Å²) < 4.78 is 0. The Balaban J connectivity index is 1.41. The fourth-order valence-electron chi connectivity index (χ4n) is 4.00. The summed E-state index contributed by atoms with van der Waals surface area (Å²) in [6, 6.07) is 0.762. The molecule has 1 saturated carbocycles. The molecule has 0 amide bonds. The third-order valence-corrected chi connectivity index (χ3v) is 5.52. The lowest BCUT2D eigenvalue weighted by molar-refractivity contribution is 0.451. The fraction of sp³-hybridized carbons (Fsp3) is 0.562. The maximum absolute atomic E-state index is 6.16. The van der Waals surface area contributed by atoms with E-state index in [-0.39, 0.29) is 5.92 Å². The van der Waals surface area contributed by atoms with Gasteiger partial charge in [-0.25, -0.2) is 9.98 Å². The van der Waals surface area contributed by atoms with Crippen molar-refractivity contribution < 1.29 is 0 Å². The van der Waals surface area contributed by atoms with Gasteiger partial charge in [-0.15, -0.1) is 0 Å². The zero-order valence-corrected chi connectivity index (χ0v) is 13.1. The van der Waals surface area contributed by atoms with Crippen molar-refractivity contribution in [1.29, 1.82) is 0 Å². The van der Waals surface area contributed by atoms with E-state index < -0.39 is 0 Å². The molecular formula is C16H18ClN5. The molecular weight excluding hydrogens is 298 g/mol. The first kappa shape index (κ1) is 12.9. The summed E-state index contributed by atoms with van der Waals surface area (Å²) in [4.78, 5) is 16.5. The number of fused-ring (bicyclic) bond motifs is 2. The van der Waals surface area contributed by atoms with E-state index in [0.29, 0.717) is 0 Å². The van der Waals surface area contributed by atoms with Crippen molar-refractivity contribution in [2.75, 3.05) is 13.1 Å². The summed E-state index contributed by atoms with van der Waals surface area (Å²) in [7, 11) is 0. The van der Waals surface area contributed by atoms with Gasteiger partial charge in [0.1, 0.15) is 11.7 Å². The van der Waals surface area contributed by atoms with E-state index in [2.05, 4.69) is 20.2 Å². The van der Waals surface area contributed by atoms with Crippen molar-refractivity contribution in [2.45, 2.75) is 31.7 Å². The van der Waals surface area contributed by atoms with Gasteiger partial charge in [-0.05, 0) is 25.2 Å². The maximum Gasteiger partial charge on any atom is 0.154 e. The van der Waals surface area contributed by atoms with Crippen LogP contribution in [0.3, 0.4) is 0 Å². The molecule has 6 heteroatoms. The first-order valence-corrected chi connectivity index (χ1v) is 8.45. The predicted molar refractivity (Wildman–Crippen MR) is 88.3 cm³/mol. The highest BCUT2D eigenvalue weighted by molar-refractivity contribution is 6.30. The van der Waals surface area contributed by atoms with Gasteiger partial charge >= 0.3 is 0 Å². The largest absolute Gasteiger partial charge is 0.357 e. The van der Waals surface area contributed by atoms with Crippen molar-refractivity contribution in [2.24, 2.45) is 26.8 Å². The number of nitrogens with one attached hydrogen (secondary N) is 1. The van der Waals surface area contributed by atoms with Crippen LogP contribution in [0.25, 0.3) is 0 Å². The van der Waals surface area contributed by atoms with Crippen molar-refractivity contribution in [3.63, 3.8) is 0 Å². The Morgan fingerprint density at radius 3 is 3.14 bits per heavy atom. The number of halogens is 1. The number of allylic oxidation sites excluding steroid dienone is 1. The van der Waals surface area contributed by atoms with Crippen LogP contribution in [0.4, 0.5) is 0 Å². The second kappa shape index (κ2) is 4.69. The van der Waals surface area contributed by atoms with E-state index in [0.717, 1.165) is 53.6 Å². The first-order valence-electron chi connectivity index (χ1n) is 8.07. The molecule has 0 bridgehead atoms. The highest BCUT2D eigenvalue weighted by Gasteiger charge is 2.48. The standard InChI is InChI=1S/C16H18ClN5/c17-10-6-11-12(8-20-15(11)19-7-10)16-18-3-1-14(21-16)22-4-2-9-5-13(9)22/h7-9,11,13H,1-6H2,(H,19,20)/t9-,11?,13+/m0/s1. The van der Waals surface area contributed by atoms with Gasteiger partial charge in [-0.2, -0.15) is 0 Å². The molecule has 0 aromatic rings. The molecule has 1 saturated heterocycles. The summed E-state index contributed by atoms with van der Waals surface area (Å²) in [5.74, 6) is 4.19. The van der Waals surface area contributed by atoms with Gasteiger partial charge in [0.15, 0.2) is 5.84 Å². The van der Waals surface area contributed by atoms with Gasteiger partial charge < -0.3 is 10.2 Å². The molecule has 114 valence electrons. The van der Waals surface area contributed by atoms with Crippen LogP contribution in [0.2, 0.25) is 0 Å². The zero-order chi connectivity index (χ0) is 14.7. The summed E-state index contributed by atoms with van der Waals surface area (Å²) in [5.41, 5.74) is 1.13. The lowest BCUT2D eigenvalue weighted by Gasteiger charge is -2.25. The average molecular weight is 316 g/mol. The third-order valence-electron chi connectivity index (χ3n) is 5.27. The van der Waals surface area contributed by atoms with E-state index in [1.165, 1.54) is 25.2 Å². The number of amidine groups is 3. The summed E-state index contributed by atoms with van der Waals surface area (Å²) in [6.07, 6.45) is 8.18. The summed E-state index contributed by atoms with van der Waals surface area (Å²) >= 11 is 6.16. The smallest absolute Gasteiger partial charge is 0.154 e. The van der Waals surface area contributed by atoms with Gasteiger partial charge in [-0.1, -0.05) is 11.6 Å². The molecule has 1 aliphatic carbocycles. The Hall–Kier alpha value is -1.62.